The first-order chi connectivity index (χ1) is 7.24. The van der Waals surface area contributed by atoms with Crippen LogP contribution in [0, 0.1) is 0 Å². The Kier molecular flexibility index (Phi) is 4.87. The van der Waals surface area contributed by atoms with Gasteiger partial charge in [0.1, 0.15) is 6.10 Å². The number of aliphatic hydroxyl groups excluding tert-OH is 1. The van der Waals surface area contributed by atoms with E-state index in [2.05, 4.69) is 12.1 Å². The fourth-order valence-electron chi connectivity index (χ4n) is 1.11. The summed E-state index contributed by atoms with van der Waals surface area (Å²) >= 11 is 0. The SMILES string of the molecule is C=CC[C@H](O)[C@@H](C)ONc1ccccc1. The minimum absolute atomic E-state index is 0.275. The summed E-state index contributed by atoms with van der Waals surface area (Å²) in [4.78, 5) is 5.29. The Morgan fingerprint density at radius 3 is 2.73 bits per heavy atom. The van der Waals surface area contributed by atoms with Crippen molar-refractivity contribution in [3.63, 3.8) is 0 Å². The molecular formula is C12H17NO2. The molecule has 82 valence electrons. The van der Waals surface area contributed by atoms with E-state index in [1.54, 1.807) is 6.08 Å². The maximum atomic E-state index is 9.56. The van der Waals surface area contributed by atoms with Crippen LogP contribution in [-0.4, -0.2) is 17.3 Å². The smallest absolute Gasteiger partial charge is 0.109 e. The van der Waals surface area contributed by atoms with Gasteiger partial charge in [-0.25, -0.2) is 0 Å². The number of para-hydroxylation sites is 1. The van der Waals surface area contributed by atoms with Crippen molar-refractivity contribution in [2.75, 3.05) is 5.48 Å². The number of anilines is 1. The number of nitrogens with one attached hydrogen (secondary N) is 1. The van der Waals surface area contributed by atoms with Crippen LogP contribution in [0.25, 0.3) is 0 Å². The van der Waals surface area contributed by atoms with Crippen LogP contribution in [0.15, 0.2) is 43.0 Å². The molecule has 0 aliphatic carbocycles. The molecular weight excluding hydrogens is 190 g/mol. The molecule has 2 N–H and O–H groups in total. The molecule has 3 heteroatoms. The third kappa shape index (κ3) is 4.14. The van der Waals surface area contributed by atoms with Gasteiger partial charge in [-0.1, -0.05) is 24.3 Å². The first-order valence-electron chi connectivity index (χ1n) is 4.99. The summed E-state index contributed by atoms with van der Waals surface area (Å²) in [5.41, 5.74) is 3.66. The van der Waals surface area contributed by atoms with Gasteiger partial charge in [0.2, 0.25) is 0 Å². The van der Waals surface area contributed by atoms with Crippen molar-refractivity contribution < 1.29 is 9.94 Å². The Labute approximate surface area is 90.3 Å². The number of hydrogen-bond acceptors (Lipinski definition) is 3. The molecule has 0 aliphatic heterocycles. The molecule has 0 saturated carbocycles. The molecule has 0 radical (unpaired) electrons. The fourth-order valence-corrected chi connectivity index (χ4v) is 1.11. The molecule has 0 amide bonds. The van der Waals surface area contributed by atoms with E-state index in [4.69, 9.17) is 4.84 Å². The Bertz CT molecular complexity index is 287. The minimum atomic E-state index is -0.529. The molecule has 1 aromatic carbocycles. The minimum Gasteiger partial charge on any atom is -0.390 e. The summed E-state index contributed by atoms with van der Waals surface area (Å²) < 4.78 is 0. The van der Waals surface area contributed by atoms with Gasteiger partial charge in [0.25, 0.3) is 0 Å². The molecule has 0 spiro atoms. The maximum Gasteiger partial charge on any atom is 0.109 e. The van der Waals surface area contributed by atoms with Crippen molar-refractivity contribution in [3.8, 4) is 0 Å². The zero-order valence-corrected chi connectivity index (χ0v) is 8.89. The molecule has 0 unspecified atom stereocenters. The average molecular weight is 207 g/mol. The van der Waals surface area contributed by atoms with E-state index in [1.807, 2.05) is 37.3 Å². The zero-order chi connectivity index (χ0) is 11.1. The molecule has 0 aromatic heterocycles. The van der Waals surface area contributed by atoms with Gasteiger partial charge in [0, 0.05) is 0 Å². The van der Waals surface area contributed by atoms with Crippen LogP contribution in [0.3, 0.4) is 0 Å². The van der Waals surface area contributed by atoms with Gasteiger partial charge in [-0.3, -0.25) is 10.3 Å². The van der Waals surface area contributed by atoms with E-state index >= 15 is 0 Å². The molecule has 2 atom stereocenters. The lowest BCUT2D eigenvalue weighted by molar-refractivity contribution is 0.000565. The molecule has 15 heavy (non-hydrogen) atoms. The second-order valence-corrected chi connectivity index (χ2v) is 3.38. The van der Waals surface area contributed by atoms with Gasteiger partial charge >= 0.3 is 0 Å². The molecule has 0 aliphatic rings. The fraction of sp³-hybridized carbons (Fsp3) is 0.333. The summed E-state index contributed by atoms with van der Waals surface area (Å²) in [6, 6.07) is 9.55. The highest BCUT2D eigenvalue weighted by Gasteiger charge is 2.13. The average Bonchev–Trinajstić information content (AvgIpc) is 2.27. The van der Waals surface area contributed by atoms with Crippen molar-refractivity contribution in [3.05, 3.63) is 43.0 Å². The largest absolute Gasteiger partial charge is 0.390 e. The van der Waals surface area contributed by atoms with Crippen molar-refractivity contribution in [2.45, 2.75) is 25.6 Å². The van der Waals surface area contributed by atoms with Crippen molar-refractivity contribution in [1.82, 2.24) is 0 Å². The Hall–Kier alpha value is -1.32. The number of benzene rings is 1. The Morgan fingerprint density at radius 2 is 2.13 bits per heavy atom. The van der Waals surface area contributed by atoms with E-state index in [9.17, 15) is 5.11 Å². The third-order valence-corrected chi connectivity index (χ3v) is 2.09. The summed E-state index contributed by atoms with van der Waals surface area (Å²) in [6.45, 7) is 5.38. The van der Waals surface area contributed by atoms with E-state index in [-0.39, 0.29) is 6.10 Å². The van der Waals surface area contributed by atoms with Gasteiger partial charge < -0.3 is 5.11 Å². The highest BCUT2D eigenvalue weighted by Crippen LogP contribution is 2.08. The molecule has 0 heterocycles. The lowest BCUT2D eigenvalue weighted by atomic mass is 10.2. The van der Waals surface area contributed by atoms with Crippen LogP contribution >= 0.6 is 0 Å². The Balaban J connectivity index is 2.34. The van der Waals surface area contributed by atoms with Crippen LogP contribution in [0.1, 0.15) is 13.3 Å². The predicted molar refractivity (Wildman–Crippen MR) is 61.4 cm³/mol. The lowest BCUT2D eigenvalue weighted by Gasteiger charge is -2.18. The molecule has 1 rings (SSSR count). The first kappa shape index (κ1) is 11.8. The van der Waals surface area contributed by atoms with E-state index in [0.717, 1.165) is 5.69 Å². The third-order valence-electron chi connectivity index (χ3n) is 2.09. The molecule has 3 nitrogen and oxygen atoms in total. The lowest BCUT2D eigenvalue weighted by Crippen LogP contribution is -2.27. The molecule has 0 fully saturated rings. The van der Waals surface area contributed by atoms with Gasteiger partial charge in [-0.15, -0.1) is 6.58 Å². The number of aliphatic hydroxyl groups is 1. The summed E-state index contributed by atoms with van der Waals surface area (Å²) in [7, 11) is 0. The van der Waals surface area contributed by atoms with E-state index in [1.165, 1.54) is 0 Å². The van der Waals surface area contributed by atoms with Crippen LogP contribution in [0.4, 0.5) is 5.69 Å². The standard InChI is InChI=1S/C12H17NO2/c1-3-7-12(14)10(2)15-13-11-8-5-4-6-9-11/h3-6,8-10,12-14H,1,7H2,2H3/t10-,12+/m1/s1. The first-order valence-corrected chi connectivity index (χ1v) is 4.99. The van der Waals surface area contributed by atoms with Crippen molar-refractivity contribution in [1.29, 1.82) is 0 Å². The summed E-state index contributed by atoms with van der Waals surface area (Å²) in [5, 5.41) is 9.56. The summed E-state index contributed by atoms with van der Waals surface area (Å²) in [6.07, 6.45) is 1.40. The predicted octanol–water partition coefficient (Wildman–Crippen LogP) is 2.36. The summed E-state index contributed by atoms with van der Waals surface area (Å²) in [5.74, 6) is 0. The Morgan fingerprint density at radius 1 is 1.47 bits per heavy atom. The van der Waals surface area contributed by atoms with Crippen molar-refractivity contribution >= 4 is 5.69 Å². The molecule has 0 saturated heterocycles. The second-order valence-electron chi connectivity index (χ2n) is 3.38. The number of rotatable bonds is 6. The van der Waals surface area contributed by atoms with E-state index < -0.39 is 6.10 Å². The van der Waals surface area contributed by atoms with Crippen LogP contribution in [0.5, 0.6) is 0 Å². The maximum absolute atomic E-state index is 9.56. The highest BCUT2D eigenvalue weighted by atomic mass is 16.7. The van der Waals surface area contributed by atoms with Gasteiger partial charge in [-0.2, -0.15) is 0 Å². The zero-order valence-electron chi connectivity index (χ0n) is 8.89. The van der Waals surface area contributed by atoms with E-state index in [0.29, 0.717) is 6.42 Å². The quantitative estimate of drug-likeness (QED) is 0.555. The van der Waals surface area contributed by atoms with Gasteiger partial charge in [-0.05, 0) is 25.5 Å². The monoisotopic (exact) mass is 207 g/mol. The van der Waals surface area contributed by atoms with Crippen LogP contribution in [0.2, 0.25) is 0 Å². The van der Waals surface area contributed by atoms with Gasteiger partial charge in [0.05, 0.1) is 11.8 Å². The molecule has 1 aromatic rings. The number of hydrogen-bond donors (Lipinski definition) is 2. The van der Waals surface area contributed by atoms with Crippen molar-refractivity contribution in [2.24, 2.45) is 0 Å². The second kappa shape index (κ2) is 6.22. The normalized spacial score (nSPS) is 14.3. The highest BCUT2D eigenvalue weighted by molar-refractivity contribution is 5.40. The molecule has 0 bridgehead atoms. The van der Waals surface area contributed by atoms with Crippen LogP contribution in [-0.2, 0) is 4.84 Å². The topological polar surface area (TPSA) is 41.5 Å². The van der Waals surface area contributed by atoms with Crippen LogP contribution < -0.4 is 5.48 Å². The van der Waals surface area contributed by atoms with Gasteiger partial charge in [0.15, 0.2) is 0 Å².